The molecule has 0 unspecified atom stereocenters. The minimum atomic E-state index is -0.434. The summed E-state index contributed by atoms with van der Waals surface area (Å²) in [4.78, 5) is 12.4. The SMILES string of the molecule is O=[N+]([O-])c1ccc(C=CC(CCN2CCOCC2)=NO)cc1. The topological polar surface area (TPSA) is 88.2 Å². The average molecular weight is 305 g/mol. The van der Waals surface area contributed by atoms with Gasteiger partial charge in [-0.05, 0) is 23.8 Å². The van der Waals surface area contributed by atoms with E-state index in [2.05, 4.69) is 10.1 Å². The summed E-state index contributed by atoms with van der Waals surface area (Å²) in [6.45, 7) is 4.08. The molecule has 0 radical (unpaired) electrons. The fourth-order valence-electron chi connectivity index (χ4n) is 2.16. The highest BCUT2D eigenvalue weighted by Gasteiger charge is 2.10. The Labute approximate surface area is 128 Å². The van der Waals surface area contributed by atoms with Crippen molar-refractivity contribution in [3.05, 3.63) is 46.0 Å². The van der Waals surface area contributed by atoms with Crippen LogP contribution >= 0.6 is 0 Å². The molecule has 118 valence electrons. The molecule has 1 saturated heterocycles. The van der Waals surface area contributed by atoms with Gasteiger partial charge in [0.05, 0.1) is 23.8 Å². The molecule has 0 atom stereocenters. The van der Waals surface area contributed by atoms with Gasteiger partial charge >= 0.3 is 0 Å². The number of morpholine rings is 1. The number of ether oxygens (including phenoxy) is 1. The van der Waals surface area contributed by atoms with Crippen molar-refractivity contribution in [3.8, 4) is 0 Å². The highest BCUT2D eigenvalue weighted by Crippen LogP contribution is 2.13. The first-order valence-corrected chi connectivity index (χ1v) is 7.12. The Balaban J connectivity index is 1.87. The Hall–Kier alpha value is -2.25. The molecule has 1 aliphatic heterocycles. The Morgan fingerprint density at radius 1 is 1.36 bits per heavy atom. The molecular formula is C15H19N3O4. The highest BCUT2D eigenvalue weighted by atomic mass is 16.6. The van der Waals surface area contributed by atoms with Crippen LogP contribution in [0.5, 0.6) is 0 Å². The van der Waals surface area contributed by atoms with Crippen molar-refractivity contribution in [2.45, 2.75) is 6.42 Å². The van der Waals surface area contributed by atoms with Crippen LogP contribution in [0.4, 0.5) is 5.69 Å². The van der Waals surface area contributed by atoms with Crippen LogP contribution in [-0.2, 0) is 4.74 Å². The first-order chi connectivity index (χ1) is 10.7. The standard InChI is InChI=1S/C15H19N3O4/c19-16-14(7-8-17-9-11-22-12-10-17)4-1-13-2-5-15(6-3-13)18(20)21/h1-6,19H,7-12H2. The molecule has 7 heteroatoms. The molecule has 1 N–H and O–H groups in total. The zero-order valence-electron chi connectivity index (χ0n) is 12.2. The van der Waals surface area contributed by atoms with Gasteiger partial charge in [-0.15, -0.1) is 0 Å². The highest BCUT2D eigenvalue weighted by molar-refractivity contribution is 5.97. The molecule has 1 heterocycles. The number of nitrogens with zero attached hydrogens (tertiary/aromatic N) is 3. The summed E-state index contributed by atoms with van der Waals surface area (Å²) in [6.07, 6.45) is 4.14. The second-order valence-electron chi connectivity index (χ2n) is 4.98. The Morgan fingerprint density at radius 2 is 2.05 bits per heavy atom. The number of oxime groups is 1. The van der Waals surface area contributed by atoms with Crippen LogP contribution in [0.1, 0.15) is 12.0 Å². The van der Waals surface area contributed by atoms with E-state index >= 15 is 0 Å². The van der Waals surface area contributed by atoms with Gasteiger partial charge in [-0.25, -0.2) is 0 Å². The van der Waals surface area contributed by atoms with Crippen LogP contribution in [0, 0.1) is 10.1 Å². The van der Waals surface area contributed by atoms with E-state index in [1.807, 2.05) is 0 Å². The van der Waals surface area contributed by atoms with E-state index in [9.17, 15) is 10.1 Å². The van der Waals surface area contributed by atoms with Gasteiger partial charge < -0.3 is 9.94 Å². The van der Waals surface area contributed by atoms with E-state index < -0.39 is 4.92 Å². The summed E-state index contributed by atoms with van der Waals surface area (Å²) in [5, 5.41) is 22.9. The zero-order chi connectivity index (χ0) is 15.8. The predicted octanol–water partition coefficient (Wildman–Crippen LogP) is 2.16. The fraction of sp³-hybridized carbons (Fsp3) is 0.400. The van der Waals surface area contributed by atoms with Crippen LogP contribution in [0.15, 0.2) is 35.5 Å². The molecule has 7 nitrogen and oxygen atoms in total. The monoisotopic (exact) mass is 305 g/mol. The number of nitro groups is 1. The van der Waals surface area contributed by atoms with Gasteiger partial charge in [0.1, 0.15) is 0 Å². The van der Waals surface area contributed by atoms with Gasteiger partial charge in [0.25, 0.3) is 5.69 Å². The van der Waals surface area contributed by atoms with Gasteiger partial charge in [-0.1, -0.05) is 11.2 Å². The van der Waals surface area contributed by atoms with Crippen molar-refractivity contribution in [2.75, 3.05) is 32.8 Å². The number of rotatable bonds is 6. The Bertz CT molecular complexity index is 548. The molecule has 1 aromatic carbocycles. The molecular weight excluding hydrogens is 286 g/mol. The summed E-state index contributed by atoms with van der Waals surface area (Å²) in [6, 6.07) is 6.21. The average Bonchev–Trinajstić information content (AvgIpc) is 2.56. The van der Waals surface area contributed by atoms with Crippen molar-refractivity contribution < 1.29 is 14.9 Å². The van der Waals surface area contributed by atoms with E-state index in [4.69, 9.17) is 9.94 Å². The van der Waals surface area contributed by atoms with Crippen LogP contribution in [-0.4, -0.2) is 53.6 Å². The number of hydrogen-bond donors (Lipinski definition) is 1. The minimum absolute atomic E-state index is 0.0560. The summed E-state index contributed by atoms with van der Waals surface area (Å²) < 4.78 is 5.28. The molecule has 22 heavy (non-hydrogen) atoms. The Morgan fingerprint density at radius 3 is 2.64 bits per heavy atom. The first kappa shape index (κ1) is 16.1. The van der Waals surface area contributed by atoms with E-state index in [-0.39, 0.29) is 5.69 Å². The largest absolute Gasteiger partial charge is 0.411 e. The predicted molar refractivity (Wildman–Crippen MR) is 83.2 cm³/mol. The van der Waals surface area contributed by atoms with Crippen molar-refractivity contribution in [2.24, 2.45) is 5.16 Å². The van der Waals surface area contributed by atoms with E-state index in [0.29, 0.717) is 12.1 Å². The summed E-state index contributed by atoms with van der Waals surface area (Å²) in [5.41, 5.74) is 1.45. The Kier molecular flexibility index (Phi) is 6.05. The molecule has 0 aliphatic carbocycles. The van der Waals surface area contributed by atoms with Gasteiger partial charge in [-0.2, -0.15) is 0 Å². The summed E-state index contributed by atoms with van der Waals surface area (Å²) >= 11 is 0. The fourth-order valence-corrected chi connectivity index (χ4v) is 2.16. The zero-order valence-corrected chi connectivity index (χ0v) is 12.2. The molecule has 0 saturated carbocycles. The third kappa shape index (κ3) is 4.94. The van der Waals surface area contributed by atoms with Gasteiger partial charge in [-0.3, -0.25) is 15.0 Å². The third-order valence-corrected chi connectivity index (χ3v) is 3.49. The van der Waals surface area contributed by atoms with Gasteiger partial charge in [0.2, 0.25) is 0 Å². The maximum Gasteiger partial charge on any atom is 0.269 e. The molecule has 1 aliphatic rings. The third-order valence-electron chi connectivity index (χ3n) is 3.49. The van der Waals surface area contributed by atoms with E-state index in [0.717, 1.165) is 38.4 Å². The number of allylic oxidation sites excluding steroid dienone is 1. The van der Waals surface area contributed by atoms with Gasteiger partial charge in [0, 0.05) is 38.2 Å². The summed E-state index contributed by atoms with van der Waals surface area (Å²) in [5.74, 6) is 0. The van der Waals surface area contributed by atoms with Crippen molar-refractivity contribution in [1.29, 1.82) is 0 Å². The molecule has 0 amide bonds. The lowest BCUT2D eigenvalue weighted by molar-refractivity contribution is -0.384. The molecule has 1 fully saturated rings. The maximum atomic E-state index is 10.6. The van der Waals surface area contributed by atoms with Crippen LogP contribution in [0.25, 0.3) is 6.08 Å². The molecule has 2 rings (SSSR count). The minimum Gasteiger partial charge on any atom is -0.411 e. The van der Waals surface area contributed by atoms with Crippen molar-refractivity contribution in [3.63, 3.8) is 0 Å². The lowest BCUT2D eigenvalue weighted by Gasteiger charge is -2.26. The van der Waals surface area contributed by atoms with Crippen molar-refractivity contribution >= 4 is 17.5 Å². The maximum absolute atomic E-state index is 10.6. The second-order valence-corrected chi connectivity index (χ2v) is 4.98. The lowest BCUT2D eigenvalue weighted by Crippen LogP contribution is -2.37. The number of nitro benzene ring substituents is 1. The molecule has 0 aromatic heterocycles. The smallest absolute Gasteiger partial charge is 0.269 e. The summed E-state index contributed by atoms with van der Waals surface area (Å²) in [7, 11) is 0. The lowest BCUT2D eigenvalue weighted by atomic mass is 10.1. The number of hydrogen-bond acceptors (Lipinski definition) is 6. The number of benzene rings is 1. The van der Waals surface area contributed by atoms with Crippen LogP contribution in [0.3, 0.4) is 0 Å². The first-order valence-electron chi connectivity index (χ1n) is 7.12. The van der Waals surface area contributed by atoms with Crippen LogP contribution in [0.2, 0.25) is 0 Å². The number of non-ortho nitro benzene ring substituents is 1. The van der Waals surface area contributed by atoms with Gasteiger partial charge in [0.15, 0.2) is 0 Å². The molecule has 0 spiro atoms. The molecule has 0 bridgehead atoms. The quantitative estimate of drug-likeness (QED) is 0.376. The van der Waals surface area contributed by atoms with Crippen molar-refractivity contribution in [1.82, 2.24) is 4.90 Å². The normalized spacial score (nSPS) is 17.0. The van der Waals surface area contributed by atoms with E-state index in [1.54, 1.807) is 24.3 Å². The molecule has 1 aromatic rings. The second kappa shape index (κ2) is 8.26. The van der Waals surface area contributed by atoms with Crippen LogP contribution < -0.4 is 0 Å². The van der Waals surface area contributed by atoms with E-state index in [1.165, 1.54) is 12.1 Å².